The maximum Gasteiger partial charge on any atom is 0.153 e. The summed E-state index contributed by atoms with van der Waals surface area (Å²) in [6.07, 6.45) is 1.84. The zero-order valence-electron chi connectivity index (χ0n) is 6.66. The minimum atomic E-state index is 0.433. The Morgan fingerprint density at radius 3 is 3.08 bits per heavy atom. The first-order valence-electron chi connectivity index (χ1n) is 3.67. The van der Waals surface area contributed by atoms with E-state index in [0.29, 0.717) is 5.88 Å². The van der Waals surface area contributed by atoms with Crippen molar-refractivity contribution < 1.29 is 0 Å². The summed E-state index contributed by atoms with van der Waals surface area (Å²) in [6.45, 7) is 1.94. The average Bonchev–Trinajstić information content (AvgIpc) is 2.46. The lowest BCUT2D eigenvalue weighted by atomic mass is 10.4. The SMILES string of the molecule is Cc1ccc2nc(CCl)cn2n1. The van der Waals surface area contributed by atoms with Crippen molar-refractivity contribution >= 4 is 17.2 Å². The van der Waals surface area contributed by atoms with E-state index in [0.717, 1.165) is 17.0 Å². The first-order chi connectivity index (χ1) is 5.79. The minimum absolute atomic E-state index is 0.433. The predicted octanol–water partition coefficient (Wildman–Crippen LogP) is 1.78. The highest BCUT2D eigenvalue weighted by atomic mass is 35.5. The summed E-state index contributed by atoms with van der Waals surface area (Å²) in [6, 6.07) is 3.86. The van der Waals surface area contributed by atoms with Gasteiger partial charge in [-0.15, -0.1) is 11.6 Å². The van der Waals surface area contributed by atoms with E-state index in [1.807, 2.05) is 25.3 Å². The maximum absolute atomic E-state index is 5.63. The lowest BCUT2D eigenvalue weighted by molar-refractivity contribution is 0.899. The molecule has 0 aliphatic rings. The van der Waals surface area contributed by atoms with Crippen LogP contribution < -0.4 is 0 Å². The van der Waals surface area contributed by atoms with Crippen molar-refractivity contribution in [1.29, 1.82) is 0 Å². The Bertz CT molecular complexity index is 408. The number of hydrogen-bond acceptors (Lipinski definition) is 2. The van der Waals surface area contributed by atoms with E-state index in [4.69, 9.17) is 11.6 Å². The van der Waals surface area contributed by atoms with Gasteiger partial charge in [-0.05, 0) is 19.1 Å². The molecule has 0 spiro atoms. The van der Waals surface area contributed by atoms with Gasteiger partial charge < -0.3 is 0 Å². The molecule has 62 valence electrons. The first kappa shape index (κ1) is 7.55. The molecule has 3 nitrogen and oxygen atoms in total. The van der Waals surface area contributed by atoms with Crippen LogP contribution in [0.5, 0.6) is 0 Å². The van der Waals surface area contributed by atoms with E-state index < -0.39 is 0 Å². The van der Waals surface area contributed by atoms with Gasteiger partial charge in [0.15, 0.2) is 5.65 Å². The number of halogens is 1. The van der Waals surface area contributed by atoms with Gasteiger partial charge in [0.25, 0.3) is 0 Å². The standard InChI is InChI=1S/C8H8ClN3/c1-6-2-3-8-10-7(4-9)5-12(8)11-6/h2-3,5H,4H2,1H3. The molecule has 12 heavy (non-hydrogen) atoms. The fourth-order valence-corrected chi connectivity index (χ4v) is 1.22. The molecule has 4 heteroatoms. The monoisotopic (exact) mass is 181 g/mol. The number of fused-ring (bicyclic) bond motifs is 1. The summed E-state index contributed by atoms with van der Waals surface area (Å²) in [5.74, 6) is 0.433. The normalized spacial score (nSPS) is 10.8. The molecular formula is C8H8ClN3. The van der Waals surface area contributed by atoms with Gasteiger partial charge in [-0.3, -0.25) is 0 Å². The van der Waals surface area contributed by atoms with Crippen molar-refractivity contribution in [3.63, 3.8) is 0 Å². The third-order valence-corrected chi connectivity index (χ3v) is 1.91. The van der Waals surface area contributed by atoms with Crippen molar-refractivity contribution in [2.75, 3.05) is 0 Å². The maximum atomic E-state index is 5.63. The highest BCUT2D eigenvalue weighted by Crippen LogP contribution is 2.05. The Morgan fingerprint density at radius 1 is 1.50 bits per heavy atom. The molecule has 0 aromatic carbocycles. The second-order valence-corrected chi connectivity index (χ2v) is 2.91. The van der Waals surface area contributed by atoms with Gasteiger partial charge in [0, 0.05) is 0 Å². The zero-order valence-corrected chi connectivity index (χ0v) is 7.41. The fourth-order valence-electron chi connectivity index (χ4n) is 1.09. The molecule has 2 aromatic rings. The van der Waals surface area contributed by atoms with Crippen molar-refractivity contribution in [2.24, 2.45) is 0 Å². The Hall–Kier alpha value is -1.09. The topological polar surface area (TPSA) is 30.2 Å². The second kappa shape index (κ2) is 2.75. The van der Waals surface area contributed by atoms with Crippen molar-refractivity contribution in [1.82, 2.24) is 14.6 Å². The summed E-state index contributed by atoms with van der Waals surface area (Å²) in [4.78, 5) is 4.24. The van der Waals surface area contributed by atoms with Gasteiger partial charge in [-0.25, -0.2) is 9.50 Å². The quantitative estimate of drug-likeness (QED) is 0.628. The summed E-state index contributed by atoms with van der Waals surface area (Å²) in [5, 5.41) is 4.24. The molecule has 0 radical (unpaired) electrons. The van der Waals surface area contributed by atoms with Crippen LogP contribution in [0.2, 0.25) is 0 Å². The highest BCUT2D eigenvalue weighted by molar-refractivity contribution is 6.16. The lowest BCUT2D eigenvalue weighted by Crippen LogP contribution is -1.91. The molecule has 0 fully saturated rings. The Kier molecular flexibility index (Phi) is 1.73. The van der Waals surface area contributed by atoms with E-state index in [1.54, 1.807) is 4.52 Å². The van der Waals surface area contributed by atoms with Crippen LogP contribution in [0, 0.1) is 6.92 Å². The second-order valence-electron chi connectivity index (χ2n) is 2.64. The zero-order chi connectivity index (χ0) is 8.55. The van der Waals surface area contributed by atoms with Crippen molar-refractivity contribution in [3.05, 3.63) is 29.7 Å². The number of aromatic nitrogens is 3. The number of aryl methyl sites for hydroxylation is 1. The Labute approximate surface area is 75.0 Å². The first-order valence-corrected chi connectivity index (χ1v) is 4.21. The molecule has 2 rings (SSSR count). The number of rotatable bonds is 1. The van der Waals surface area contributed by atoms with Gasteiger partial charge in [0.05, 0.1) is 23.5 Å². The van der Waals surface area contributed by atoms with Gasteiger partial charge >= 0.3 is 0 Å². The summed E-state index contributed by atoms with van der Waals surface area (Å²) in [7, 11) is 0. The molecular weight excluding hydrogens is 174 g/mol. The van der Waals surface area contributed by atoms with Crippen molar-refractivity contribution in [2.45, 2.75) is 12.8 Å². The number of nitrogens with zero attached hydrogens (tertiary/aromatic N) is 3. The average molecular weight is 182 g/mol. The van der Waals surface area contributed by atoms with E-state index in [1.165, 1.54) is 0 Å². The van der Waals surface area contributed by atoms with Crippen LogP contribution in [0.3, 0.4) is 0 Å². The van der Waals surface area contributed by atoms with E-state index >= 15 is 0 Å². The van der Waals surface area contributed by atoms with Crippen molar-refractivity contribution in [3.8, 4) is 0 Å². The fraction of sp³-hybridized carbons (Fsp3) is 0.250. The molecule has 2 aromatic heterocycles. The number of hydrogen-bond donors (Lipinski definition) is 0. The van der Waals surface area contributed by atoms with Crippen LogP contribution in [-0.2, 0) is 5.88 Å². The molecule has 2 heterocycles. The smallest absolute Gasteiger partial charge is 0.153 e. The molecule has 0 aliphatic heterocycles. The molecule has 0 saturated heterocycles. The molecule has 0 amide bonds. The van der Waals surface area contributed by atoms with E-state index in [2.05, 4.69) is 10.1 Å². The Morgan fingerprint density at radius 2 is 2.33 bits per heavy atom. The van der Waals surface area contributed by atoms with Crippen LogP contribution in [0.4, 0.5) is 0 Å². The minimum Gasteiger partial charge on any atom is -0.231 e. The van der Waals surface area contributed by atoms with E-state index in [9.17, 15) is 0 Å². The molecule has 0 saturated carbocycles. The highest BCUT2D eigenvalue weighted by Gasteiger charge is 1.99. The van der Waals surface area contributed by atoms with Gasteiger partial charge in [0.2, 0.25) is 0 Å². The third-order valence-electron chi connectivity index (χ3n) is 1.64. The largest absolute Gasteiger partial charge is 0.231 e. The predicted molar refractivity (Wildman–Crippen MR) is 47.3 cm³/mol. The molecule has 0 atom stereocenters. The van der Waals surface area contributed by atoms with Crippen LogP contribution in [0.25, 0.3) is 5.65 Å². The lowest BCUT2D eigenvalue weighted by Gasteiger charge is -1.91. The van der Waals surface area contributed by atoms with Crippen LogP contribution in [-0.4, -0.2) is 14.6 Å². The number of imidazole rings is 1. The molecule has 0 bridgehead atoms. The van der Waals surface area contributed by atoms with Gasteiger partial charge in [-0.1, -0.05) is 0 Å². The third kappa shape index (κ3) is 1.16. The molecule has 0 unspecified atom stereocenters. The molecule has 0 N–H and O–H groups in total. The summed E-state index contributed by atoms with van der Waals surface area (Å²) >= 11 is 5.63. The van der Waals surface area contributed by atoms with Gasteiger partial charge in [0.1, 0.15) is 0 Å². The van der Waals surface area contributed by atoms with E-state index in [-0.39, 0.29) is 0 Å². The van der Waals surface area contributed by atoms with Crippen LogP contribution in [0.1, 0.15) is 11.4 Å². The number of alkyl halides is 1. The Balaban J connectivity index is 2.67. The van der Waals surface area contributed by atoms with Crippen LogP contribution >= 0.6 is 11.6 Å². The van der Waals surface area contributed by atoms with Crippen LogP contribution in [0.15, 0.2) is 18.3 Å². The van der Waals surface area contributed by atoms with Gasteiger partial charge in [-0.2, -0.15) is 5.10 Å². The molecule has 0 aliphatic carbocycles. The summed E-state index contributed by atoms with van der Waals surface area (Å²) < 4.78 is 1.74. The summed E-state index contributed by atoms with van der Waals surface area (Å²) in [5.41, 5.74) is 2.67.